The number of allylic oxidation sites excluding steroid dienone is 3. The van der Waals surface area contributed by atoms with Crippen molar-refractivity contribution in [2.75, 3.05) is 19.5 Å². The molecule has 33 heavy (non-hydrogen) atoms. The maximum atomic E-state index is 11.8. The monoisotopic (exact) mass is 476 g/mol. The van der Waals surface area contributed by atoms with Gasteiger partial charge in [0.15, 0.2) is 0 Å². The van der Waals surface area contributed by atoms with Gasteiger partial charge in [0.05, 0.1) is 12.7 Å². The Morgan fingerprint density at radius 2 is 1.79 bits per heavy atom. The number of nitrogens with two attached hydrogens (primary N) is 1. The van der Waals surface area contributed by atoms with Gasteiger partial charge < -0.3 is 25.7 Å². The number of aldehydes is 1. The molecule has 0 aliphatic carbocycles. The number of carbonyl (C=O) groups excluding carboxylic acids is 3. The SMILES string of the molecule is C=N/C=C\C=C/C.CC=O.CN.COC(=O)c1ccsc1NC(=O)NCc1ccc(O)cc1. The van der Waals surface area contributed by atoms with Crippen molar-refractivity contribution >= 4 is 41.3 Å². The first-order chi connectivity index (χ1) is 15.9. The minimum Gasteiger partial charge on any atom is -0.508 e. The summed E-state index contributed by atoms with van der Waals surface area (Å²) in [5.74, 6) is -0.324. The van der Waals surface area contributed by atoms with Gasteiger partial charge in [-0.3, -0.25) is 10.3 Å². The third-order valence-electron chi connectivity index (χ3n) is 3.18. The number of urea groups is 1. The number of thiophene rings is 1. The van der Waals surface area contributed by atoms with Gasteiger partial charge in [-0.15, -0.1) is 11.3 Å². The Morgan fingerprint density at radius 1 is 1.18 bits per heavy atom. The summed E-state index contributed by atoms with van der Waals surface area (Å²) in [6.07, 6.45) is 8.04. The highest BCUT2D eigenvalue weighted by Gasteiger charge is 2.15. The number of amides is 2. The van der Waals surface area contributed by atoms with Crippen LogP contribution in [0.15, 0.2) is 65.1 Å². The van der Waals surface area contributed by atoms with E-state index in [1.54, 1.807) is 41.9 Å². The number of hydrogen-bond acceptors (Lipinski definition) is 8. The summed E-state index contributed by atoms with van der Waals surface area (Å²) in [5.41, 5.74) is 5.67. The Kier molecular flexibility index (Phi) is 20.4. The lowest BCUT2D eigenvalue weighted by atomic mass is 10.2. The number of benzene rings is 1. The molecule has 1 heterocycles. The zero-order chi connectivity index (χ0) is 25.5. The minimum atomic E-state index is -0.495. The van der Waals surface area contributed by atoms with Gasteiger partial charge in [0.1, 0.15) is 17.0 Å². The first kappa shape index (κ1) is 31.4. The van der Waals surface area contributed by atoms with Crippen LogP contribution in [-0.2, 0) is 16.1 Å². The molecule has 0 atom stereocenters. The molecular weight excluding hydrogens is 444 g/mol. The van der Waals surface area contributed by atoms with E-state index in [0.717, 1.165) is 11.8 Å². The highest BCUT2D eigenvalue weighted by molar-refractivity contribution is 7.14. The molecule has 0 radical (unpaired) electrons. The number of aliphatic imine (C=N–C) groups is 1. The minimum absolute atomic E-state index is 0.171. The molecule has 0 bridgehead atoms. The quantitative estimate of drug-likeness (QED) is 0.214. The lowest BCUT2D eigenvalue weighted by Crippen LogP contribution is -2.28. The number of phenolic OH excluding ortho intramolecular Hbond substituents is 1. The molecule has 0 saturated heterocycles. The van der Waals surface area contributed by atoms with E-state index >= 15 is 0 Å². The molecule has 0 unspecified atom stereocenters. The Hall–Kier alpha value is -3.76. The molecule has 0 spiro atoms. The number of carbonyl (C=O) groups is 3. The number of hydrogen-bond donors (Lipinski definition) is 4. The maximum Gasteiger partial charge on any atom is 0.340 e. The molecular formula is C23H32N4O5S. The van der Waals surface area contributed by atoms with Gasteiger partial charge in [0.2, 0.25) is 0 Å². The Morgan fingerprint density at radius 3 is 2.30 bits per heavy atom. The molecule has 0 fully saturated rings. The van der Waals surface area contributed by atoms with E-state index in [2.05, 4.69) is 32.8 Å². The summed E-state index contributed by atoms with van der Waals surface area (Å²) in [6, 6.07) is 7.68. The first-order valence-corrected chi connectivity index (χ1v) is 10.5. The number of methoxy groups -OCH3 is 1. The van der Waals surface area contributed by atoms with Gasteiger partial charge in [-0.25, -0.2) is 9.59 Å². The van der Waals surface area contributed by atoms with E-state index in [1.165, 1.54) is 32.4 Å². The van der Waals surface area contributed by atoms with Crippen LogP contribution in [0, 0.1) is 0 Å². The van der Waals surface area contributed by atoms with Crippen LogP contribution in [0.1, 0.15) is 29.8 Å². The average molecular weight is 477 g/mol. The number of nitrogens with one attached hydrogen (secondary N) is 2. The molecule has 1 aromatic heterocycles. The maximum absolute atomic E-state index is 11.8. The molecule has 5 N–H and O–H groups in total. The third kappa shape index (κ3) is 15.7. The van der Waals surface area contributed by atoms with Crippen LogP contribution in [0.5, 0.6) is 5.75 Å². The largest absolute Gasteiger partial charge is 0.508 e. The summed E-state index contributed by atoms with van der Waals surface area (Å²) >= 11 is 1.24. The van der Waals surface area contributed by atoms with Gasteiger partial charge in [0.25, 0.3) is 0 Å². The molecule has 0 aliphatic heterocycles. The number of nitrogens with zero attached hydrogens (tertiary/aromatic N) is 1. The average Bonchev–Trinajstić information content (AvgIpc) is 3.29. The molecule has 2 aromatic rings. The third-order valence-corrected chi connectivity index (χ3v) is 4.01. The Balaban J connectivity index is 0. The Bertz CT molecular complexity index is 877. The predicted octanol–water partition coefficient (Wildman–Crippen LogP) is 4.12. The number of anilines is 1. The van der Waals surface area contributed by atoms with Crippen molar-refractivity contribution in [3.8, 4) is 5.75 Å². The fraction of sp³-hybridized carbons (Fsp3) is 0.217. The van der Waals surface area contributed by atoms with E-state index in [1.807, 2.05) is 25.2 Å². The van der Waals surface area contributed by atoms with Crippen LogP contribution in [0.25, 0.3) is 0 Å². The van der Waals surface area contributed by atoms with Gasteiger partial charge in [0, 0.05) is 12.7 Å². The zero-order valence-corrected chi connectivity index (χ0v) is 20.1. The number of ether oxygens (including phenoxy) is 1. The van der Waals surface area contributed by atoms with Crippen molar-refractivity contribution in [2.45, 2.75) is 20.4 Å². The first-order valence-electron chi connectivity index (χ1n) is 9.63. The fourth-order valence-corrected chi connectivity index (χ4v) is 2.61. The fourth-order valence-electron chi connectivity index (χ4n) is 1.84. The number of phenols is 1. The Labute approximate surface area is 198 Å². The number of esters is 1. The summed E-state index contributed by atoms with van der Waals surface area (Å²) in [4.78, 5) is 35.6. The van der Waals surface area contributed by atoms with Crippen LogP contribution in [0.3, 0.4) is 0 Å². The summed E-state index contributed by atoms with van der Waals surface area (Å²) in [5, 5.41) is 16.6. The van der Waals surface area contributed by atoms with Gasteiger partial charge in [-0.2, -0.15) is 0 Å². The predicted molar refractivity (Wildman–Crippen MR) is 135 cm³/mol. The van der Waals surface area contributed by atoms with Crippen molar-refractivity contribution < 1.29 is 24.2 Å². The van der Waals surface area contributed by atoms with Crippen molar-refractivity contribution in [3.63, 3.8) is 0 Å². The second-order valence-electron chi connectivity index (χ2n) is 5.41. The summed E-state index contributed by atoms with van der Waals surface area (Å²) in [7, 11) is 2.79. The summed E-state index contributed by atoms with van der Waals surface area (Å²) in [6.45, 7) is 6.97. The van der Waals surface area contributed by atoms with E-state index in [4.69, 9.17) is 9.90 Å². The standard InChI is InChI=1S/C14H14N2O4S.C6H9N.C2H4O.CH5N/c1-20-13(18)11-6-7-21-12(11)16-14(19)15-8-9-2-4-10(17)5-3-9;1-3-4-5-6-7-2;1-2-3;1-2/h2-7,17H,8H2,1H3,(H2,15,16,19);3-6H,2H2,1H3;2H,1H3;2H2,1H3/b;4-3-,6-5-;;. The second-order valence-corrected chi connectivity index (χ2v) is 6.33. The molecule has 10 heteroatoms. The van der Waals surface area contributed by atoms with Crippen LogP contribution < -0.4 is 16.4 Å². The van der Waals surface area contributed by atoms with Crippen LogP contribution in [-0.4, -0.2) is 44.3 Å². The van der Waals surface area contributed by atoms with Crippen molar-refractivity contribution in [2.24, 2.45) is 10.7 Å². The lowest BCUT2D eigenvalue weighted by molar-refractivity contribution is -0.106. The normalized spacial score (nSPS) is 9.24. The van der Waals surface area contributed by atoms with E-state index in [9.17, 15) is 9.59 Å². The molecule has 9 nitrogen and oxygen atoms in total. The molecule has 0 saturated carbocycles. The van der Waals surface area contributed by atoms with E-state index < -0.39 is 12.0 Å². The molecule has 2 rings (SSSR count). The zero-order valence-electron chi connectivity index (χ0n) is 19.3. The highest BCUT2D eigenvalue weighted by Crippen LogP contribution is 2.23. The van der Waals surface area contributed by atoms with Crippen LogP contribution >= 0.6 is 11.3 Å². The summed E-state index contributed by atoms with van der Waals surface area (Å²) < 4.78 is 4.63. The van der Waals surface area contributed by atoms with Gasteiger partial charge >= 0.3 is 12.0 Å². The number of rotatable bonds is 6. The van der Waals surface area contributed by atoms with Crippen LogP contribution in [0.2, 0.25) is 0 Å². The molecule has 180 valence electrons. The molecule has 1 aromatic carbocycles. The topological polar surface area (TPSA) is 143 Å². The van der Waals surface area contributed by atoms with Gasteiger partial charge in [-0.05, 0) is 62.8 Å². The van der Waals surface area contributed by atoms with Crippen LogP contribution in [0.4, 0.5) is 9.80 Å². The van der Waals surface area contributed by atoms with Crippen molar-refractivity contribution in [1.29, 1.82) is 0 Å². The van der Waals surface area contributed by atoms with Gasteiger partial charge in [-0.1, -0.05) is 24.3 Å². The second kappa shape index (κ2) is 21.5. The molecule has 0 aliphatic rings. The number of aromatic hydroxyl groups is 1. The van der Waals surface area contributed by atoms with E-state index in [0.29, 0.717) is 17.1 Å². The van der Waals surface area contributed by atoms with Crippen molar-refractivity contribution in [1.82, 2.24) is 5.32 Å². The highest BCUT2D eigenvalue weighted by atomic mass is 32.1. The smallest absolute Gasteiger partial charge is 0.340 e. The van der Waals surface area contributed by atoms with Crippen molar-refractivity contribution in [3.05, 3.63) is 71.3 Å². The molecule has 2 amide bonds. The van der Waals surface area contributed by atoms with E-state index in [-0.39, 0.29) is 5.75 Å². The lowest BCUT2D eigenvalue weighted by Gasteiger charge is -2.07.